The lowest BCUT2D eigenvalue weighted by Gasteiger charge is -2.27. The predicted molar refractivity (Wildman–Crippen MR) is 73.0 cm³/mol. The Labute approximate surface area is 112 Å². The zero-order chi connectivity index (χ0) is 13.1. The van der Waals surface area contributed by atoms with E-state index in [0.717, 1.165) is 43.2 Å². The molecule has 1 aromatic heterocycles. The van der Waals surface area contributed by atoms with Crippen LogP contribution in [0, 0.1) is 0 Å². The van der Waals surface area contributed by atoms with Gasteiger partial charge < -0.3 is 14.5 Å². The number of fused-ring (bicyclic) bond motifs is 1. The lowest BCUT2D eigenvalue weighted by Crippen LogP contribution is -2.44. The van der Waals surface area contributed by atoms with Gasteiger partial charge in [-0.3, -0.25) is 4.90 Å². The maximum absolute atomic E-state index is 5.72. The van der Waals surface area contributed by atoms with Gasteiger partial charge in [-0.15, -0.1) is 0 Å². The SMILES string of the molecule is CN(Cc1nc2ccccc2o1)CC1CNCCO1. The minimum Gasteiger partial charge on any atom is -0.439 e. The van der Waals surface area contributed by atoms with E-state index in [4.69, 9.17) is 9.15 Å². The average molecular weight is 261 g/mol. The number of nitrogens with one attached hydrogen (secondary N) is 1. The van der Waals surface area contributed by atoms with Gasteiger partial charge >= 0.3 is 0 Å². The van der Waals surface area contributed by atoms with Gasteiger partial charge in [-0.2, -0.15) is 0 Å². The molecule has 0 bridgehead atoms. The molecule has 1 aliphatic rings. The van der Waals surface area contributed by atoms with Gasteiger partial charge in [0.1, 0.15) is 5.52 Å². The lowest BCUT2D eigenvalue weighted by molar-refractivity contribution is 0.00780. The van der Waals surface area contributed by atoms with Crippen molar-refractivity contribution in [2.75, 3.05) is 33.3 Å². The lowest BCUT2D eigenvalue weighted by atomic mass is 10.3. The minimum atomic E-state index is 0.253. The van der Waals surface area contributed by atoms with Gasteiger partial charge in [-0.25, -0.2) is 4.98 Å². The summed E-state index contributed by atoms with van der Waals surface area (Å²) in [6, 6.07) is 7.85. The Hall–Kier alpha value is -1.43. The molecule has 0 saturated carbocycles. The molecule has 0 aliphatic carbocycles. The minimum absolute atomic E-state index is 0.253. The molecule has 2 aromatic rings. The highest BCUT2D eigenvalue weighted by Crippen LogP contribution is 2.15. The van der Waals surface area contributed by atoms with Gasteiger partial charge in [0.2, 0.25) is 5.89 Å². The highest BCUT2D eigenvalue weighted by atomic mass is 16.5. The second kappa shape index (κ2) is 5.69. The molecule has 5 heteroatoms. The number of hydrogen-bond acceptors (Lipinski definition) is 5. The number of aromatic nitrogens is 1. The molecule has 0 radical (unpaired) electrons. The summed E-state index contributed by atoms with van der Waals surface area (Å²) in [6.07, 6.45) is 0.253. The molecular formula is C14H19N3O2. The molecule has 1 fully saturated rings. The van der Waals surface area contributed by atoms with Crippen molar-refractivity contribution in [1.29, 1.82) is 0 Å². The zero-order valence-electron chi connectivity index (χ0n) is 11.1. The number of hydrogen-bond donors (Lipinski definition) is 1. The van der Waals surface area contributed by atoms with Crippen LogP contribution < -0.4 is 5.32 Å². The highest BCUT2D eigenvalue weighted by Gasteiger charge is 2.16. The van der Waals surface area contributed by atoms with Gasteiger partial charge in [0.25, 0.3) is 0 Å². The molecular weight excluding hydrogens is 242 g/mol. The van der Waals surface area contributed by atoms with Crippen LogP contribution in [0.25, 0.3) is 11.1 Å². The third-order valence-corrected chi connectivity index (χ3v) is 3.26. The zero-order valence-corrected chi connectivity index (χ0v) is 11.1. The molecule has 19 heavy (non-hydrogen) atoms. The normalized spacial score (nSPS) is 20.2. The molecule has 0 spiro atoms. The highest BCUT2D eigenvalue weighted by molar-refractivity contribution is 5.72. The second-order valence-electron chi connectivity index (χ2n) is 4.97. The summed E-state index contributed by atoms with van der Waals surface area (Å²) in [5, 5.41) is 3.33. The topological polar surface area (TPSA) is 50.5 Å². The molecule has 1 aliphatic heterocycles. The van der Waals surface area contributed by atoms with E-state index in [1.54, 1.807) is 0 Å². The second-order valence-corrected chi connectivity index (χ2v) is 4.97. The Balaban J connectivity index is 1.60. The monoisotopic (exact) mass is 261 g/mol. The van der Waals surface area contributed by atoms with Gasteiger partial charge in [0.15, 0.2) is 5.58 Å². The van der Waals surface area contributed by atoms with Crippen LogP contribution in [-0.4, -0.2) is 49.3 Å². The van der Waals surface area contributed by atoms with E-state index >= 15 is 0 Å². The number of ether oxygens (including phenoxy) is 1. The third-order valence-electron chi connectivity index (χ3n) is 3.26. The molecule has 1 unspecified atom stereocenters. The van der Waals surface area contributed by atoms with Crippen molar-refractivity contribution in [1.82, 2.24) is 15.2 Å². The first-order chi connectivity index (χ1) is 9.31. The van der Waals surface area contributed by atoms with Crippen LogP contribution in [0.1, 0.15) is 5.89 Å². The van der Waals surface area contributed by atoms with Crippen molar-refractivity contribution in [3.63, 3.8) is 0 Å². The Morgan fingerprint density at radius 1 is 1.42 bits per heavy atom. The van der Waals surface area contributed by atoms with Crippen LogP contribution in [0.4, 0.5) is 0 Å². The van der Waals surface area contributed by atoms with Crippen LogP contribution in [0.3, 0.4) is 0 Å². The van der Waals surface area contributed by atoms with E-state index < -0.39 is 0 Å². The summed E-state index contributed by atoms with van der Waals surface area (Å²) in [6.45, 7) is 4.24. The Kier molecular flexibility index (Phi) is 3.77. The van der Waals surface area contributed by atoms with Crippen molar-refractivity contribution >= 4 is 11.1 Å². The number of rotatable bonds is 4. The summed E-state index contributed by atoms with van der Waals surface area (Å²) in [7, 11) is 2.06. The number of nitrogens with zero attached hydrogens (tertiary/aromatic N) is 2. The maximum Gasteiger partial charge on any atom is 0.209 e. The number of benzene rings is 1. The van der Waals surface area contributed by atoms with E-state index in [1.165, 1.54) is 0 Å². The van der Waals surface area contributed by atoms with Crippen LogP contribution in [0.2, 0.25) is 0 Å². The number of morpholine rings is 1. The van der Waals surface area contributed by atoms with Crippen molar-refractivity contribution in [3.05, 3.63) is 30.2 Å². The van der Waals surface area contributed by atoms with Gasteiger partial charge in [-0.05, 0) is 19.2 Å². The van der Waals surface area contributed by atoms with Crippen LogP contribution in [-0.2, 0) is 11.3 Å². The van der Waals surface area contributed by atoms with Gasteiger partial charge in [-0.1, -0.05) is 12.1 Å². The fourth-order valence-electron chi connectivity index (χ4n) is 2.37. The summed E-state index contributed by atoms with van der Waals surface area (Å²) in [4.78, 5) is 6.66. The quantitative estimate of drug-likeness (QED) is 0.897. The summed E-state index contributed by atoms with van der Waals surface area (Å²) in [5.41, 5.74) is 1.77. The van der Waals surface area contributed by atoms with Crippen molar-refractivity contribution in [2.45, 2.75) is 12.6 Å². The summed E-state index contributed by atoms with van der Waals surface area (Å²) >= 11 is 0. The largest absolute Gasteiger partial charge is 0.439 e. The Morgan fingerprint density at radius 3 is 3.11 bits per heavy atom. The summed E-state index contributed by atoms with van der Waals surface area (Å²) < 4.78 is 11.4. The molecule has 3 rings (SSSR count). The molecule has 1 aromatic carbocycles. The van der Waals surface area contributed by atoms with Crippen LogP contribution >= 0.6 is 0 Å². The summed E-state index contributed by atoms with van der Waals surface area (Å²) in [5.74, 6) is 0.757. The molecule has 1 atom stereocenters. The first kappa shape index (κ1) is 12.6. The average Bonchev–Trinajstić information content (AvgIpc) is 2.81. The Bertz CT molecular complexity index is 501. The van der Waals surface area contributed by atoms with Crippen molar-refractivity contribution < 1.29 is 9.15 Å². The number of para-hydroxylation sites is 2. The fourth-order valence-corrected chi connectivity index (χ4v) is 2.37. The molecule has 1 saturated heterocycles. The fraction of sp³-hybridized carbons (Fsp3) is 0.500. The first-order valence-electron chi connectivity index (χ1n) is 6.66. The standard InChI is InChI=1S/C14H19N3O2/c1-17(9-11-8-15-6-7-18-11)10-14-16-12-4-2-3-5-13(12)19-14/h2-5,11,15H,6-10H2,1H3. The van der Waals surface area contributed by atoms with Crippen molar-refractivity contribution in [2.24, 2.45) is 0 Å². The smallest absolute Gasteiger partial charge is 0.209 e. The van der Waals surface area contributed by atoms with E-state index in [1.807, 2.05) is 24.3 Å². The number of likely N-dealkylation sites (N-methyl/N-ethyl adjacent to an activating group) is 1. The van der Waals surface area contributed by atoms with E-state index in [2.05, 4.69) is 22.2 Å². The van der Waals surface area contributed by atoms with Crippen LogP contribution in [0.15, 0.2) is 28.7 Å². The maximum atomic E-state index is 5.72. The van der Waals surface area contributed by atoms with E-state index in [-0.39, 0.29) is 6.10 Å². The molecule has 5 nitrogen and oxygen atoms in total. The van der Waals surface area contributed by atoms with Gasteiger partial charge in [0, 0.05) is 19.6 Å². The van der Waals surface area contributed by atoms with Crippen LogP contribution in [0.5, 0.6) is 0 Å². The molecule has 1 N–H and O–H groups in total. The molecule has 102 valence electrons. The van der Waals surface area contributed by atoms with E-state index in [0.29, 0.717) is 6.54 Å². The number of oxazole rings is 1. The third kappa shape index (κ3) is 3.12. The van der Waals surface area contributed by atoms with E-state index in [9.17, 15) is 0 Å². The molecule has 0 amide bonds. The van der Waals surface area contributed by atoms with Gasteiger partial charge in [0.05, 0.1) is 19.3 Å². The Morgan fingerprint density at radius 2 is 2.32 bits per heavy atom. The predicted octanol–water partition coefficient (Wildman–Crippen LogP) is 1.25. The first-order valence-corrected chi connectivity index (χ1v) is 6.66. The molecule has 2 heterocycles. The van der Waals surface area contributed by atoms with Crippen molar-refractivity contribution in [3.8, 4) is 0 Å².